The van der Waals surface area contributed by atoms with Crippen molar-refractivity contribution in [2.24, 2.45) is 11.7 Å². The van der Waals surface area contributed by atoms with Gasteiger partial charge < -0.3 is 10.6 Å². The molecule has 1 saturated carbocycles. The van der Waals surface area contributed by atoms with Crippen LogP contribution in [0.15, 0.2) is 0 Å². The van der Waals surface area contributed by atoms with Crippen molar-refractivity contribution in [1.29, 1.82) is 0 Å². The van der Waals surface area contributed by atoms with E-state index >= 15 is 0 Å². The van der Waals surface area contributed by atoms with Crippen LogP contribution in [0.4, 0.5) is 0 Å². The second kappa shape index (κ2) is 7.24. The van der Waals surface area contributed by atoms with E-state index in [9.17, 15) is 0 Å². The molecule has 2 nitrogen and oxygen atoms in total. The van der Waals surface area contributed by atoms with E-state index in [1.165, 1.54) is 51.5 Å². The molecule has 0 aromatic rings. The molecule has 0 spiro atoms. The topological polar surface area (TPSA) is 29.3 Å². The fourth-order valence-electron chi connectivity index (χ4n) is 2.67. The molecule has 1 atom stereocenters. The standard InChI is InChI=1S/C13H28N2/c1-3-4-9-13(14)11-15(2)10-12-7-5-6-8-12/h12-13H,3-11,14H2,1-2H3. The van der Waals surface area contributed by atoms with E-state index in [1.807, 2.05) is 0 Å². The first-order valence-electron chi connectivity index (χ1n) is 6.66. The van der Waals surface area contributed by atoms with Crippen molar-refractivity contribution in [3.05, 3.63) is 0 Å². The van der Waals surface area contributed by atoms with Gasteiger partial charge in [-0.3, -0.25) is 0 Å². The van der Waals surface area contributed by atoms with Crippen molar-refractivity contribution < 1.29 is 0 Å². The van der Waals surface area contributed by atoms with Crippen LogP contribution in [-0.2, 0) is 0 Å². The molecule has 1 aliphatic rings. The Balaban J connectivity index is 2.08. The monoisotopic (exact) mass is 212 g/mol. The molecule has 15 heavy (non-hydrogen) atoms. The van der Waals surface area contributed by atoms with Crippen LogP contribution < -0.4 is 5.73 Å². The third-order valence-electron chi connectivity index (χ3n) is 3.52. The SMILES string of the molecule is CCCCC(N)CN(C)CC1CCCC1. The van der Waals surface area contributed by atoms with E-state index < -0.39 is 0 Å². The van der Waals surface area contributed by atoms with E-state index in [1.54, 1.807) is 0 Å². The predicted molar refractivity (Wildman–Crippen MR) is 67.0 cm³/mol. The Hall–Kier alpha value is -0.0800. The predicted octanol–water partition coefficient (Wildman–Crippen LogP) is 2.63. The Kier molecular flexibility index (Phi) is 6.26. The lowest BCUT2D eigenvalue weighted by Gasteiger charge is -2.24. The zero-order chi connectivity index (χ0) is 11.1. The highest BCUT2D eigenvalue weighted by Gasteiger charge is 2.17. The van der Waals surface area contributed by atoms with Crippen molar-refractivity contribution in [3.63, 3.8) is 0 Å². The molecule has 0 heterocycles. The fraction of sp³-hybridized carbons (Fsp3) is 1.00. The summed E-state index contributed by atoms with van der Waals surface area (Å²) in [5, 5.41) is 0. The average Bonchev–Trinajstić information content (AvgIpc) is 2.67. The van der Waals surface area contributed by atoms with Crippen molar-refractivity contribution in [2.45, 2.75) is 57.9 Å². The van der Waals surface area contributed by atoms with Gasteiger partial charge in [-0.1, -0.05) is 32.6 Å². The molecule has 90 valence electrons. The van der Waals surface area contributed by atoms with Gasteiger partial charge >= 0.3 is 0 Å². The minimum Gasteiger partial charge on any atom is -0.327 e. The lowest BCUT2D eigenvalue weighted by atomic mass is 10.1. The first-order chi connectivity index (χ1) is 7.22. The van der Waals surface area contributed by atoms with Crippen molar-refractivity contribution in [1.82, 2.24) is 4.90 Å². The number of rotatable bonds is 7. The number of nitrogens with two attached hydrogens (primary N) is 1. The fourth-order valence-corrected chi connectivity index (χ4v) is 2.67. The second-order valence-corrected chi connectivity index (χ2v) is 5.27. The summed E-state index contributed by atoms with van der Waals surface area (Å²) in [4.78, 5) is 2.44. The van der Waals surface area contributed by atoms with Gasteiger partial charge in [0.15, 0.2) is 0 Å². The van der Waals surface area contributed by atoms with Crippen molar-refractivity contribution >= 4 is 0 Å². The third-order valence-corrected chi connectivity index (χ3v) is 3.52. The molecule has 0 aliphatic heterocycles. The van der Waals surface area contributed by atoms with Gasteiger partial charge in [0.2, 0.25) is 0 Å². The van der Waals surface area contributed by atoms with Crippen LogP contribution in [-0.4, -0.2) is 31.1 Å². The number of hydrogen-bond acceptors (Lipinski definition) is 2. The highest BCUT2D eigenvalue weighted by atomic mass is 15.1. The Morgan fingerprint density at radius 2 is 2.00 bits per heavy atom. The molecule has 0 amide bonds. The molecule has 0 aromatic heterocycles. The summed E-state index contributed by atoms with van der Waals surface area (Å²) in [6.45, 7) is 4.57. The second-order valence-electron chi connectivity index (χ2n) is 5.27. The van der Waals surface area contributed by atoms with Gasteiger partial charge in [-0.25, -0.2) is 0 Å². The maximum absolute atomic E-state index is 6.09. The number of nitrogens with zero attached hydrogens (tertiary/aromatic N) is 1. The van der Waals surface area contributed by atoms with Crippen molar-refractivity contribution in [3.8, 4) is 0 Å². The Morgan fingerprint density at radius 3 is 2.60 bits per heavy atom. The third kappa shape index (κ3) is 5.53. The molecule has 1 unspecified atom stereocenters. The first-order valence-corrected chi connectivity index (χ1v) is 6.66. The minimum atomic E-state index is 0.386. The highest BCUT2D eigenvalue weighted by Crippen LogP contribution is 2.25. The van der Waals surface area contributed by atoms with E-state index in [4.69, 9.17) is 5.73 Å². The van der Waals surface area contributed by atoms with Crippen LogP contribution in [0.1, 0.15) is 51.9 Å². The van der Waals surface area contributed by atoms with E-state index in [0.29, 0.717) is 6.04 Å². The molecule has 0 saturated heterocycles. The molecule has 2 N–H and O–H groups in total. The number of likely N-dealkylation sites (N-methyl/N-ethyl adjacent to an activating group) is 1. The maximum Gasteiger partial charge on any atom is 0.0167 e. The number of hydrogen-bond donors (Lipinski definition) is 1. The van der Waals surface area contributed by atoms with Gasteiger partial charge in [-0.15, -0.1) is 0 Å². The summed E-state index contributed by atoms with van der Waals surface area (Å²) in [7, 11) is 2.23. The van der Waals surface area contributed by atoms with Gasteiger partial charge in [0, 0.05) is 19.1 Å². The maximum atomic E-state index is 6.09. The van der Waals surface area contributed by atoms with Gasteiger partial charge in [0.05, 0.1) is 0 Å². The van der Waals surface area contributed by atoms with Crippen LogP contribution in [0.2, 0.25) is 0 Å². The Labute approximate surface area is 95.2 Å². The van der Waals surface area contributed by atoms with Crippen LogP contribution >= 0.6 is 0 Å². The summed E-state index contributed by atoms with van der Waals surface area (Å²) >= 11 is 0. The van der Waals surface area contributed by atoms with Gasteiger partial charge in [0.25, 0.3) is 0 Å². The largest absolute Gasteiger partial charge is 0.327 e. The molecule has 0 aromatic carbocycles. The van der Waals surface area contributed by atoms with Gasteiger partial charge in [0.1, 0.15) is 0 Å². The average molecular weight is 212 g/mol. The van der Waals surface area contributed by atoms with Crippen LogP contribution in [0.5, 0.6) is 0 Å². The summed E-state index contributed by atoms with van der Waals surface area (Å²) in [5.74, 6) is 0.952. The normalized spacial score (nSPS) is 20.0. The molecular formula is C13H28N2. The molecule has 2 heteroatoms. The molecule has 1 rings (SSSR count). The smallest absolute Gasteiger partial charge is 0.0167 e. The molecule has 1 fully saturated rings. The Morgan fingerprint density at radius 1 is 1.33 bits per heavy atom. The van der Waals surface area contributed by atoms with Gasteiger partial charge in [-0.05, 0) is 32.2 Å². The summed E-state index contributed by atoms with van der Waals surface area (Å²) in [6.07, 6.45) is 9.49. The molecule has 0 radical (unpaired) electrons. The van der Waals surface area contributed by atoms with Crippen LogP contribution in [0.3, 0.4) is 0 Å². The zero-order valence-electron chi connectivity index (χ0n) is 10.5. The summed E-state index contributed by atoms with van der Waals surface area (Å²) in [5.41, 5.74) is 6.09. The zero-order valence-corrected chi connectivity index (χ0v) is 10.5. The lowest BCUT2D eigenvalue weighted by Crippen LogP contribution is -2.37. The van der Waals surface area contributed by atoms with Crippen molar-refractivity contribution in [2.75, 3.05) is 20.1 Å². The Bertz CT molecular complexity index is 153. The highest BCUT2D eigenvalue weighted by molar-refractivity contribution is 4.73. The summed E-state index contributed by atoms with van der Waals surface area (Å²) in [6, 6.07) is 0.386. The summed E-state index contributed by atoms with van der Waals surface area (Å²) < 4.78 is 0. The molecule has 1 aliphatic carbocycles. The van der Waals surface area contributed by atoms with E-state index in [2.05, 4.69) is 18.9 Å². The van der Waals surface area contributed by atoms with Crippen LogP contribution in [0.25, 0.3) is 0 Å². The quantitative estimate of drug-likeness (QED) is 0.703. The first kappa shape index (κ1) is 13.0. The molecule has 0 bridgehead atoms. The van der Waals surface area contributed by atoms with E-state index in [0.717, 1.165) is 12.5 Å². The minimum absolute atomic E-state index is 0.386. The van der Waals surface area contributed by atoms with Gasteiger partial charge in [-0.2, -0.15) is 0 Å². The van der Waals surface area contributed by atoms with E-state index in [-0.39, 0.29) is 0 Å². The molecular weight excluding hydrogens is 184 g/mol. The lowest BCUT2D eigenvalue weighted by molar-refractivity contribution is 0.258. The number of unbranched alkanes of at least 4 members (excludes halogenated alkanes) is 1. The van der Waals surface area contributed by atoms with Crippen LogP contribution in [0, 0.1) is 5.92 Å².